The minimum Gasteiger partial charge on any atom is -0.453 e. The highest BCUT2D eigenvalue weighted by atomic mass is 16.5. The van der Waals surface area contributed by atoms with Gasteiger partial charge in [-0.3, -0.25) is 9.59 Å². The lowest BCUT2D eigenvalue weighted by Gasteiger charge is -2.23. The number of H-pyrrole nitrogens is 2. The second-order valence-corrected chi connectivity index (χ2v) is 13.6. The summed E-state index contributed by atoms with van der Waals surface area (Å²) in [5, 5.41) is 3.21. The van der Waals surface area contributed by atoms with Crippen molar-refractivity contribution in [3.63, 3.8) is 0 Å². The van der Waals surface area contributed by atoms with Gasteiger partial charge < -0.3 is 24.9 Å². The first kappa shape index (κ1) is 30.2. The van der Waals surface area contributed by atoms with Gasteiger partial charge in [0.1, 0.15) is 12.4 Å². The Morgan fingerprint density at radius 3 is 2.40 bits per heavy atom. The van der Waals surface area contributed by atoms with E-state index in [0.29, 0.717) is 12.0 Å². The largest absolute Gasteiger partial charge is 0.453 e. The number of carbonyl (C=O) groups excluding carboxylic acids is 2. The molecule has 1 saturated heterocycles. The third-order valence-corrected chi connectivity index (χ3v) is 10.8. The molecular formula is C39H39N5O4. The number of methoxy groups -OCH3 is 1. The minimum atomic E-state index is -0.621. The van der Waals surface area contributed by atoms with Crippen molar-refractivity contribution in [2.75, 3.05) is 20.2 Å². The zero-order valence-electron chi connectivity index (χ0n) is 27.1. The van der Waals surface area contributed by atoms with Gasteiger partial charge >= 0.3 is 6.09 Å². The molecule has 244 valence electrons. The summed E-state index contributed by atoms with van der Waals surface area (Å²) < 4.78 is 4.60. The Balaban J connectivity index is 1.08. The third kappa shape index (κ3) is 5.37. The number of ether oxygens (including phenoxy) is 1. The van der Waals surface area contributed by atoms with E-state index < -0.39 is 6.09 Å². The summed E-state index contributed by atoms with van der Waals surface area (Å²) in [6.07, 6.45) is 11.9. The number of nitrogens with one attached hydrogen (secondary N) is 3. The zero-order valence-corrected chi connectivity index (χ0v) is 27.1. The molecule has 0 radical (unpaired) electrons. The molecule has 0 unspecified atom stereocenters. The Hall–Kier alpha value is -5.18. The number of aromatic nitrogens is 3. The number of benzene rings is 3. The Morgan fingerprint density at radius 1 is 0.938 bits per heavy atom. The maximum atomic E-state index is 12.8. The van der Waals surface area contributed by atoms with Crippen molar-refractivity contribution in [1.29, 1.82) is 0 Å². The van der Waals surface area contributed by atoms with Crippen LogP contribution in [0.4, 0.5) is 4.79 Å². The number of hydrogen-bond donors (Lipinski definition) is 3. The number of hydrogen-bond acceptors (Lipinski definition) is 5. The maximum Gasteiger partial charge on any atom is 0.407 e. The van der Waals surface area contributed by atoms with Gasteiger partial charge in [-0.15, -0.1) is 0 Å². The van der Waals surface area contributed by atoms with E-state index in [2.05, 4.69) is 73.5 Å². The molecule has 8 rings (SSSR count). The summed E-state index contributed by atoms with van der Waals surface area (Å²) in [6, 6.07) is 20.9. The van der Waals surface area contributed by atoms with E-state index in [4.69, 9.17) is 0 Å². The van der Waals surface area contributed by atoms with Gasteiger partial charge in [-0.05, 0) is 95.0 Å². The molecule has 48 heavy (non-hydrogen) atoms. The zero-order chi connectivity index (χ0) is 32.8. The predicted octanol–water partition coefficient (Wildman–Crippen LogP) is 6.93. The topological polar surface area (TPSA) is 120 Å². The number of pyridine rings is 1. The Bertz CT molecular complexity index is 2090. The summed E-state index contributed by atoms with van der Waals surface area (Å²) in [6.45, 7) is 0.521. The van der Waals surface area contributed by atoms with Crippen molar-refractivity contribution < 1.29 is 14.3 Å². The van der Waals surface area contributed by atoms with Gasteiger partial charge in [-0.25, -0.2) is 9.78 Å². The molecular weight excluding hydrogens is 602 g/mol. The van der Waals surface area contributed by atoms with Crippen LogP contribution >= 0.6 is 0 Å². The van der Waals surface area contributed by atoms with Crippen LogP contribution in [0.3, 0.4) is 0 Å². The fourth-order valence-corrected chi connectivity index (χ4v) is 8.42. The SMILES string of the molecule is COC(=O)NCC(=O)N1CCC[C@H]1c1ncc(-c2ccc(-c3ccc(-c4ccc5[nH]ccc(=O)c5c4)c4c3CC3(CCCC3)C4)cc2)[nH]1. The molecule has 3 heterocycles. The van der Waals surface area contributed by atoms with Crippen molar-refractivity contribution in [3.05, 3.63) is 100 Å². The van der Waals surface area contributed by atoms with Gasteiger partial charge in [0.2, 0.25) is 5.91 Å². The highest BCUT2D eigenvalue weighted by molar-refractivity contribution is 5.87. The molecule has 2 amide bonds. The monoisotopic (exact) mass is 641 g/mol. The van der Waals surface area contributed by atoms with E-state index >= 15 is 0 Å². The minimum absolute atomic E-state index is 0.0394. The molecule has 1 saturated carbocycles. The van der Waals surface area contributed by atoms with Crippen molar-refractivity contribution in [2.24, 2.45) is 5.41 Å². The second kappa shape index (κ2) is 12.1. The molecule has 1 aliphatic heterocycles. The molecule has 2 aromatic heterocycles. The summed E-state index contributed by atoms with van der Waals surface area (Å²) >= 11 is 0. The number of alkyl carbamates (subject to hydrolysis) is 1. The Labute approximate surface area is 278 Å². The second-order valence-electron chi connectivity index (χ2n) is 13.6. The number of nitrogens with zero attached hydrogens (tertiary/aromatic N) is 2. The lowest BCUT2D eigenvalue weighted by Crippen LogP contribution is -2.40. The Kier molecular flexibility index (Phi) is 7.62. The molecule has 3 N–H and O–H groups in total. The molecule has 0 bridgehead atoms. The molecule has 9 heteroatoms. The molecule has 3 aliphatic rings. The molecule has 2 fully saturated rings. The normalized spacial score (nSPS) is 18.0. The van der Waals surface area contributed by atoms with Gasteiger partial charge in [0.05, 0.1) is 25.0 Å². The van der Waals surface area contributed by atoms with E-state index in [0.717, 1.165) is 59.2 Å². The fraction of sp³-hybridized carbons (Fsp3) is 0.333. The van der Waals surface area contributed by atoms with Crippen LogP contribution in [0.25, 0.3) is 44.4 Å². The van der Waals surface area contributed by atoms with Crippen molar-refractivity contribution in [3.8, 4) is 33.5 Å². The molecule has 1 atom stereocenters. The van der Waals surface area contributed by atoms with Crippen molar-refractivity contribution in [2.45, 2.75) is 57.4 Å². The Morgan fingerprint density at radius 2 is 1.65 bits per heavy atom. The molecule has 9 nitrogen and oxygen atoms in total. The van der Waals surface area contributed by atoms with Crippen LogP contribution in [0.2, 0.25) is 0 Å². The lowest BCUT2D eigenvalue weighted by molar-refractivity contribution is -0.131. The average Bonchev–Trinajstić information content (AvgIpc) is 3.94. The average molecular weight is 642 g/mol. The van der Waals surface area contributed by atoms with Gasteiger partial charge in [0, 0.05) is 29.7 Å². The van der Waals surface area contributed by atoms with Crippen LogP contribution in [0, 0.1) is 5.41 Å². The quantitative estimate of drug-likeness (QED) is 0.186. The van der Waals surface area contributed by atoms with Crippen molar-refractivity contribution in [1.82, 2.24) is 25.2 Å². The first-order chi connectivity index (χ1) is 23.4. The highest BCUT2D eigenvalue weighted by Crippen LogP contribution is 2.53. The number of fused-ring (bicyclic) bond motifs is 2. The smallest absolute Gasteiger partial charge is 0.407 e. The summed E-state index contributed by atoms with van der Waals surface area (Å²) in [7, 11) is 1.28. The number of carbonyl (C=O) groups is 2. The van der Waals surface area contributed by atoms with Gasteiger partial charge in [-0.1, -0.05) is 55.3 Å². The van der Waals surface area contributed by atoms with E-state index in [1.807, 2.05) is 12.3 Å². The predicted molar refractivity (Wildman–Crippen MR) is 185 cm³/mol. The van der Waals surface area contributed by atoms with Crippen molar-refractivity contribution >= 4 is 22.9 Å². The molecule has 5 aromatic rings. The van der Waals surface area contributed by atoms with Crippen LogP contribution in [-0.2, 0) is 22.4 Å². The third-order valence-electron chi connectivity index (χ3n) is 10.8. The molecule has 3 aromatic carbocycles. The first-order valence-electron chi connectivity index (χ1n) is 16.9. The first-order valence-corrected chi connectivity index (χ1v) is 16.9. The van der Waals surface area contributed by atoms with Crippen LogP contribution in [0.5, 0.6) is 0 Å². The number of likely N-dealkylation sites (tertiary alicyclic amines) is 1. The van der Waals surface area contributed by atoms with Gasteiger partial charge in [0.25, 0.3) is 0 Å². The maximum absolute atomic E-state index is 12.8. The van der Waals surface area contributed by atoms with Crippen LogP contribution in [0.1, 0.15) is 61.5 Å². The number of rotatable bonds is 6. The van der Waals surface area contributed by atoms with Crippen LogP contribution in [0.15, 0.2) is 77.9 Å². The van der Waals surface area contributed by atoms with Crippen LogP contribution < -0.4 is 10.7 Å². The van der Waals surface area contributed by atoms with E-state index in [1.54, 1.807) is 17.2 Å². The van der Waals surface area contributed by atoms with Gasteiger partial charge in [0.15, 0.2) is 5.43 Å². The van der Waals surface area contributed by atoms with Crippen LogP contribution in [-0.4, -0.2) is 52.1 Å². The number of imidazole rings is 1. The van der Waals surface area contributed by atoms with E-state index in [9.17, 15) is 14.4 Å². The highest BCUT2D eigenvalue weighted by Gasteiger charge is 2.41. The molecule has 2 aliphatic carbocycles. The van der Waals surface area contributed by atoms with Gasteiger partial charge in [-0.2, -0.15) is 0 Å². The van der Waals surface area contributed by atoms with E-state index in [1.165, 1.54) is 60.6 Å². The summed E-state index contributed by atoms with van der Waals surface area (Å²) in [5.41, 5.74) is 10.9. The van der Waals surface area contributed by atoms with E-state index in [-0.39, 0.29) is 23.9 Å². The fourth-order valence-electron chi connectivity index (χ4n) is 8.42. The number of aromatic amines is 2. The molecule has 1 spiro atoms. The summed E-state index contributed by atoms with van der Waals surface area (Å²) in [4.78, 5) is 50.1. The standard InChI is InChI=1S/C39H39N5O4/c1-48-38(47)42-23-36(46)44-18-4-5-34(44)37-41-22-33(43-37)25-8-6-24(7-9-25)27-11-12-28(31-21-39(20-30(27)31)15-2-3-16-39)26-10-13-32-29(19-26)35(45)14-17-40-32/h6-14,17,19,22,34H,2-5,15-16,18,20-21,23H2,1H3,(H,40,45)(H,41,43)(H,42,47)/t34-/m0/s1. The summed E-state index contributed by atoms with van der Waals surface area (Å²) in [5.74, 6) is 0.598. The number of amides is 2. The lowest BCUT2D eigenvalue weighted by atomic mass is 9.82.